The molecule has 2 rings (SSSR count). The highest BCUT2D eigenvalue weighted by atomic mass is 16.3. The van der Waals surface area contributed by atoms with Crippen LogP contribution in [0.5, 0.6) is 11.8 Å². The zero-order valence-electron chi connectivity index (χ0n) is 7.25. The van der Waals surface area contributed by atoms with Crippen molar-refractivity contribution in [3.63, 3.8) is 0 Å². The van der Waals surface area contributed by atoms with Crippen LogP contribution in [0.25, 0.3) is 10.8 Å². The number of nitrogens with two attached hydrogens (primary N) is 2. The molecule has 0 spiro atoms. The number of hydrazine groups is 1. The molecule has 0 fully saturated rings. The molecule has 0 unspecified atom stereocenters. The molecule has 1 aromatic heterocycles. The summed E-state index contributed by atoms with van der Waals surface area (Å²) in [5, 5.41) is 26.2. The van der Waals surface area contributed by atoms with Crippen LogP contribution in [-0.4, -0.2) is 20.4 Å². The predicted octanol–water partition coefficient (Wildman–Crippen LogP) is -0.140. The lowest BCUT2D eigenvalue weighted by molar-refractivity contribution is 0.424. The van der Waals surface area contributed by atoms with Gasteiger partial charge in [-0.2, -0.15) is 0 Å². The number of benzene rings is 1. The smallest absolute Gasteiger partial charge is 0.239 e. The van der Waals surface area contributed by atoms with Crippen LogP contribution in [0.1, 0.15) is 0 Å². The van der Waals surface area contributed by atoms with Crippen LogP contribution in [-0.2, 0) is 0 Å². The van der Waals surface area contributed by atoms with E-state index in [0.717, 1.165) is 0 Å². The first-order valence-electron chi connectivity index (χ1n) is 3.76. The molecule has 0 aliphatic rings. The fourth-order valence-corrected chi connectivity index (χ4v) is 1.08. The first-order chi connectivity index (χ1) is 6.79. The van der Waals surface area contributed by atoms with Gasteiger partial charge in [0.05, 0.1) is 10.8 Å². The van der Waals surface area contributed by atoms with E-state index in [9.17, 15) is 10.2 Å². The van der Waals surface area contributed by atoms with Crippen LogP contribution < -0.4 is 11.7 Å². The van der Waals surface area contributed by atoms with E-state index in [1.165, 1.54) is 0 Å². The number of aromatic hydroxyl groups is 2. The Hall–Kier alpha value is -1.92. The minimum Gasteiger partial charge on any atom is -0.492 e. The number of nitrogens with zero attached hydrogens (tertiary/aromatic N) is 2. The van der Waals surface area contributed by atoms with E-state index >= 15 is 0 Å². The van der Waals surface area contributed by atoms with E-state index in [1.54, 1.807) is 24.3 Å². The second kappa shape index (κ2) is 4.35. The highest BCUT2D eigenvalue weighted by molar-refractivity contribution is 5.89. The lowest BCUT2D eigenvalue weighted by atomic mass is 10.2. The Morgan fingerprint density at radius 3 is 1.57 bits per heavy atom. The summed E-state index contributed by atoms with van der Waals surface area (Å²) in [5.41, 5.74) is 0. The van der Waals surface area contributed by atoms with E-state index in [-0.39, 0.29) is 11.8 Å². The molecular weight excluding hydrogens is 184 g/mol. The topological polar surface area (TPSA) is 118 Å². The minimum absolute atomic E-state index is 0.164. The molecule has 0 aliphatic heterocycles. The van der Waals surface area contributed by atoms with Crippen molar-refractivity contribution in [1.82, 2.24) is 10.2 Å². The van der Waals surface area contributed by atoms with Crippen LogP contribution in [0, 0.1) is 0 Å². The molecule has 6 nitrogen and oxygen atoms in total. The van der Waals surface area contributed by atoms with E-state index in [0.29, 0.717) is 10.8 Å². The Balaban J connectivity index is 0.000000461. The van der Waals surface area contributed by atoms with Gasteiger partial charge in [-0.15, -0.1) is 10.2 Å². The normalized spacial score (nSPS) is 9.29. The van der Waals surface area contributed by atoms with Crippen molar-refractivity contribution in [2.75, 3.05) is 0 Å². The average Bonchev–Trinajstić information content (AvgIpc) is 2.27. The zero-order chi connectivity index (χ0) is 10.6. The summed E-state index contributed by atoms with van der Waals surface area (Å²) in [5.74, 6) is 7.67. The fraction of sp³-hybridized carbons (Fsp3) is 0. The van der Waals surface area contributed by atoms with E-state index in [1.807, 2.05) is 0 Å². The Bertz CT molecular complexity index is 392. The van der Waals surface area contributed by atoms with Crippen LogP contribution >= 0.6 is 0 Å². The minimum atomic E-state index is -0.164. The van der Waals surface area contributed by atoms with Crippen LogP contribution in [0.2, 0.25) is 0 Å². The van der Waals surface area contributed by atoms with Gasteiger partial charge in [0.2, 0.25) is 11.8 Å². The number of rotatable bonds is 0. The number of hydrogen-bond acceptors (Lipinski definition) is 6. The van der Waals surface area contributed by atoms with E-state index in [4.69, 9.17) is 0 Å². The molecule has 6 heteroatoms. The molecule has 14 heavy (non-hydrogen) atoms. The summed E-state index contributed by atoms with van der Waals surface area (Å²) in [6.45, 7) is 0. The molecule has 0 saturated heterocycles. The second-order valence-electron chi connectivity index (χ2n) is 2.39. The molecule has 0 bridgehead atoms. The maximum atomic E-state index is 9.21. The summed E-state index contributed by atoms with van der Waals surface area (Å²) in [7, 11) is 0. The lowest BCUT2D eigenvalue weighted by Crippen LogP contribution is -2.02. The largest absolute Gasteiger partial charge is 0.492 e. The molecular formula is C8H10N4O2. The van der Waals surface area contributed by atoms with Crippen LogP contribution in [0.3, 0.4) is 0 Å². The molecule has 0 amide bonds. The van der Waals surface area contributed by atoms with Crippen molar-refractivity contribution < 1.29 is 10.2 Å². The van der Waals surface area contributed by atoms with Gasteiger partial charge >= 0.3 is 0 Å². The maximum absolute atomic E-state index is 9.21. The van der Waals surface area contributed by atoms with Crippen LogP contribution in [0.4, 0.5) is 0 Å². The van der Waals surface area contributed by atoms with E-state index < -0.39 is 0 Å². The van der Waals surface area contributed by atoms with Gasteiger partial charge in [-0.3, -0.25) is 11.7 Å². The molecule has 0 saturated carbocycles. The number of fused-ring (bicyclic) bond motifs is 1. The van der Waals surface area contributed by atoms with Crippen molar-refractivity contribution in [3.8, 4) is 11.8 Å². The Morgan fingerprint density at radius 1 is 0.857 bits per heavy atom. The summed E-state index contributed by atoms with van der Waals surface area (Å²) < 4.78 is 0. The first kappa shape index (κ1) is 10.2. The SMILES string of the molecule is NN.Oc1nnc(O)c2ccccc12. The van der Waals surface area contributed by atoms with Gasteiger partial charge in [-0.05, 0) is 12.1 Å². The van der Waals surface area contributed by atoms with Crippen molar-refractivity contribution >= 4 is 10.8 Å². The Labute approximate surface area is 79.8 Å². The van der Waals surface area contributed by atoms with Gasteiger partial charge in [-0.1, -0.05) is 12.1 Å². The number of hydrogen-bond donors (Lipinski definition) is 4. The molecule has 2 aromatic rings. The highest BCUT2D eigenvalue weighted by Gasteiger charge is 2.04. The first-order valence-corrected chi connectivity index (χ1v) is 3.76. The van der Waals surface area contributed by atoms with Gasteiger partial charge in [0.15, 0.2) is 0 Å². The summed E-state index contributed by atoms with van der Waals surface area (Å²) in [6, 6.07) is 6.84. The summed E-state index contributed by atoms with van der Waals surface area (Å²) in [6.07, 6.45) is 0. The quantitative estimate of drug-likeness (QED) is 0.342. The fourth-order valence-electron chi connectivity index (χ4n) is 1.08. The van der Waals surface area contributed by atoms with Crippen molar-refractivity contribution in [1.29, 1.82) is 0 Å². The van der Waals surface area contributed by atoms with Crippen molar-refractivity contribution in [2.24, 2.45) is 11.7 Å². The van der Waals surface area contributed by atoms with Crippen molar-refractivity contribution in [3.05, 3.63) is 24.3 Å². The lowest BCUT2D eigenvalue weighted by Gasteiger charge is -1.98. The van der Waals surface area contributed by atoms with Gasteiger partial charge in [0, 0.05) is 0 Å². The molecule has 0 radical (unpaired) electrons. The molecule has 1 aromatic carbocycles. The maximum Gasteiger partial charge on any atom is 0.239 e. The summed E-state index contributed by atoms with van der Waals surface area (Å²) in [4.78, 5) is 0. The summed E-state index contributed by atoms with van der Waals surface area (Å²) >= 11 is 0. The molecule has 1 heterocycles. The molecule has 6 N–H and O–H groups in total. The Kier molecular flexibility index (Phi) is 3.16. The molecule has 0 aliphatic carbocycles. The predicted molar refractivity (Wildman–Crippen MR) is 51.2 cm³/mol. The third kappa shape index (κ3) is 1.70. The monoisotopic (exact) mass is 194 g/mol. The van der Waals surface area contributed by atoms with Crippen LogP contribution in [0.15, 0.2) is 24.3 Å². The number of aromatic nitrogens is 2. The standard InChI is InChI=1S/C8H6N2O2.H4N2/c11-7-5-3-1-2-4-6(5)8(12)10-9-7;1-2/h1-4H,(H,9,11)(H,10,12);1-2H2. The van der Waals surface area contributed by atoms with E-state index in [2.05, 4.69) is 21.9 Å². The molecule has 74 valence electrons. The molecule has 0 atom stereocenters. The second-order valence-corrected chi connectivity index (χ2v) is 2.39. The Morgan fingerprint density at radius 2 is 1.21 bits per heavy atom. The van der Waals surface area contributed by atoms with Gasteiger partial charge in [0.1, 0.15) is 0 Å². The highest BCUT2D eigenvalue weighted by Crippen LogP contribution is 2.26. The third-order valence-corrected chi connectivity index (χ3v) is 1.65. The van der Waals surface area contributed by atoms with Gasteiger partial charge in [0.25, 0.3) is 0 Å². The third-order valence-electron chi connectivity index (χ3n) is 1.65. The zero-order valence-corrected chi connectivity index (χ0v) is 7.25. The average molecular weight is 194 g/mol. The van der Waals surface area contributed by atoms with Gasteiger partial charge in [-0.25, -0.2) is 0 Å². The van der Waals surface area contributed by atoms with Crippen molar-refractivity contribution in [2.45, 2.75) is 0 Å². The van der Waals surface area contributed by atoms with Gasteiger partial charge < -0.3 is 10.2 Å².